The minimum Gasteiger partial charge on any atom is -0.347 e. The van der Waals surface area contributed by atoms with Crippen LogP contribution in [0.15, 0.2) is 60.8 Å². The molecule has 142 valence electrons. The highest BCUT2D eigenvalue weighted by atomic mass is 16.2. The normalized spacial score (nSPS) is 17.4. The summed E-state index contributed by atoms with van der Waals surface area (Å²) in [6, 6.07) is 18.5. The zero-order valence-corrected chi connectivity index (χ0v) is 15.8. The van der Waals surface area contributed by atoms with Crippen LogP contribution in [0, 0.1) is 0 Å². The van der Waals surface area contributed by atoms with E-state index in [4.69, 9.17) is 4.98 Å². The van der Waals surface area contributed by atoms with Crippen LogP contribution in [0.4, 0.5) is 0 Å². The summed E-state index contributed by atoms with van der Waals surface area (Å²) >= 11 is 0. The molecule has 1 atom stereocenters. The Morgan fingerprint density at radius 2 is 1.93 bits per heavy atom. The van der Waals surface area contributed by atoms with Crippen LogP contribution in [0.2, 0.25) is 0 Å². The molecule has 0 radical (unpaired) electrons. The Morgan fingerprint density at radius 3 is 2.86 bits per heavy atom. The Labute approximate surface area is 164 Å². The van der Waals surface area contributed by atoms with Crippen molar-refractivity contribution >= 4 is 27.8 Å². The largest absolute Gasteiger partial charge is 0.347 e. The van der Waals surface area contributed by atoms with E-state index in [2.05, 4.69) is 33.9 Å². The first kappa shape index (κ1) is 17.0. The van der Waals surface area contributed by atoms with Crippen LogP contribution in [0.25, 0.3) is 21.9 Å². The van der Waals surface area contributed by atoms with Gasteiger partial charge < -0.3 is 14.5 Å². The fourth-order valence-corrected chi connectivity index (χ4v) is 4.34. The predicted octanol–water partition coefficient (Wildman–Crippen LogP) is 4.66. The van der Waals surface area contributed by atoms with Gasteiger partial charge in [0.2, 0.25) is 5.91 Å². The lowest BCUT2D eigenvalue weighted by Gasteiger charge is -2.34. The lowest BCUT2D eigenvalue weighted by molar-refractivity contribution is -0.135. The second-order valence-electron chi connectivity index (χ2n) is 7.56. The first-order chi connectivity index (χ1) is 13.8. The number of rotatable bonds is 4. The summed E-state index contributed by atoms with van der Waals surface area (Å²) in [5.41, 5.74) is 3.19. The van der Waals surface area contributed by atoms with Crippen LogP contribution in [0.5, 0.6) is 0 Å². The number of fused-ring (bicyclic) bond motifs is 2. The first-order valence-electron chi connectivity index (χ1n) is 10.1. The van der Waals surface area contributed by atoms with Gasteiger partial charge in [-0.25, -0.2) is 4.98 Å². The number of H-pyrrole nitrogens is 1. The van der Waals surface area contributed by atoms with Gasteiger partial charge in [0.05, 0.1) is 17.1 Å². The topological polar surface area (TPSA) is 53.9 Å². The SMILES string of the molecule is O=C(CCn1ccc2ccccc21)N1CCCC[C@H]1c1nc2ccccc2[nH]1. The zero-order chi connectivity index (χ0) is 18.9. The van der Waals surface area contributed by atoms with Crippen molar-refractivity contribution < 1.29 is 4.79 Å². The van der Waals surface area contributed by atoms with E-state index in [1.165, 1.54) is 10.9 Å². The van der Waals surface area contributed by atoms with Crippen LogP contribution in [0.3, 0.4) is 0 Å². The van der Waals surface area contributed by atoms with Crippen molar-refractivity contribution in [3.8, 4) is 0 Å². The number of piperidine rings is 1. The second-order valence-corrected chi connectivity index (χ2v) is 7.56. The molecule has 1 saturated heterocycles. The van der Waals surface area contributed by atoms with Gasteiger partial charge in [0.1, 0.15) is 5.82 Å². The van der Waals surface area contributed by atoms with Gasteiger partial charge in [0.15, 0.2) is 0 Å². The first-order valence-corrected chi connectivity index (χ1v) is 10.1. The number of carbonyl (C=O) groups excluding carboxylic acids is 1. The van der Waals surface area contributed by atoms with Crippen LogP contribution in [-0.4, -0.2) is 31.9 Å². The highest BCUT2D eigenvalue weighted by Gasteiger charge is 2.29. The van der Waals surface area contributed by atoms with E-state index >= 15 is 0 Å². The number of amides is 1. The lowest BCUT2D eigenvalue weighted by Crippen LogP contribution is -2.39. The maximum atomic E-state index is 13.1. The molecule has 5 rings (SSSR count). The summed E-state index contributed by atoms with van der Waals surface area (Å²) in [5.74, 6) is 1.13. The van der Waals surface area contributed by atoms with Gasteiger partial charge in [0.25, 0.3) is 0 Å². The maximum Gasteiger partial charge on any atom is 0.224 e. The number of aromatic nitrogens is 3. The smallest absolute Gasteiger partial charge is 0.224 e. The molecule has 1 aliphatic rings. The average molecular weight is 372 g/mol. The highest BCUT2D eigenvalue weighted by molar-refractivity contribution is 5.81. The van der Waals surface area contributed by atoms with Gasteiger partial charge in [0, 0.05) is 31.2 Å². The molecule has 1 fully saturated rings. The number of imidazole rings is 1. The van der Waals surface area contributed by atoms with Gasteiger partial charge in [-0.2, -0.15) is 0 Å². The molecule has 3 heterocycles. The summed E-state index contributed by atoms with van der Waals surface area (Å²) < 4.78 is 2.17. The van der Waals surface area contributed by atoms with Crippen molar-refractivity contribution in [2.45, 2.75) is 38.3 Å². The quantitative estimate of drug-likeness (QED) is 0.566. The molecule has 1 N–H and O–H groups in total. The molecule has 0 saturated carbocycles. The van der Waals surface area contributed by atoms with E-state index in [-0.39, 0.29) is 11.9 Å². The van der Waals surface area contributed by atoms with Crippen molar-refractivity contribution in [1.29, 1.82) is 0 Å². The predicted molar refractivity (Wildman–Crippen MR) is 111 cm³/mol. The number of aromatic amines is 1. The molecule has 0 spiro atoms. The van der Waals surface area contributed by atoms with Crippen molar-refractivity contribution in [3.05, 3.63) is 66.6 Å². The number of likely N-dealkylation sites (tertiary alicyclic amines) is 1. The fraction of sp³-hybridized carbons (Fsp3) is 0.304. The second kappa shape index (κ2) is 7.15. The van der Waals surface area contributed by atoms with E-state index in [9.17, 15) is 4.79 Å². The van der Waals surface area contributed by atoms with E-state index in [0.717, 1.165) is 42.7 Å². The molecule has 28 heavy (non-hydrogen) atoms. The molecule has 5 heteroatoms. The number of benzene rings is 2. The summed E-state index contributed by atoms with van der Waals surface area (Å²) in [7, 11) is 0. The molecule has 1 aliphatic heterocycles. The minimum absolute atomic E-state index is 0.0510. The van der Waals surface area contributed by atoms with Crippen molar-refractivity contribution in [2.75, 3.05) is 6.54 Å². The van der Waals surface area contributed by atoms with Crippen LogP contribution >= 0.6 is 0 Å². The van der Waals surface area contributed by atoms with Gasteiger partial charge in [-0.1, -0.05) is 30.3 Å². The van der Waals surface area contributed by atoms with Gasteiger partial charge in [-0.05, 0) is 48.9 Å². The third-order valence-electron chi connectivity index (χ3n) is 5.79. The van der Waals surface area contributed by atoms with E-state index < -0.39 is 0 Å². The number of aryl methyl sites for hydroxylation is 1. The number of para-hydroxylation sites is 3. The maximum absolute atomic E-state index is 13.1. The Bertz CT molecular complexity index is 1090. The van der Waals surface area contributed by atoms with Crippen LogP contribution in [0.1, 0.15) is 37.5 Å². The summed E-state index contributed by atoms with van der Waals surface area (Å²) in [5, 5.41) is 1.22. The molecule has 5 nitrogen and oxygen atoms in total. The number of hydrogen-bond acceptors (Lipinski definition) is 2. The van der Waals surface area contributed by atoms with Crippen LogP contribution in [-0.2, 0) is 11.3 Å². The standard InChI is InChI=1S/C23H24N4O/c28-22(13-16-26-15-12-17-7-1-4-10-20(17)26)27-14-6-5-11-21(27)23-24-18-8-2-3-9-19(18)25-23/h1-4,7-10,12,15,21H,5-6,11,13-14,16H2,(H,24,25)/t21-/m0/s1. The van der Waals surface area contributed by atoms with Crippen molar-refractivity contribution in [1.82, 2.24) is 19.4 Å². The summed E-state index contributed by atoms with van der Waals surface area (Å²) in [6.45, 7) is 1.52. The fourth-order valence-electron chi connectivity index (χ4n) is 4.34. The monoisotopic (exact) mass is 372 g/mol. The molecule has 1 amide bonds. The van der Waals surface area contributed by atoms with Gasteiger partial charge in [-0.15, -0.1) is 0 Å². The van der Waals surface area contributed by atoms with E-state index in [1.54, 1.807) is 0 Å². The Balaban J connectivity index is 1.34. The number of carbonyl (C=O) groups is 1. The molecule has 2 aromatic heterocycles. The summed E-state index contributed by atoms with van der Waals surface area (Å²) in [6.07, 6.45) is 5.75. The highest BCUT2D eigenvalue weighted by Crippen LogP contribution is 2.31. The summed E-state index contributed by atoms with van der Waals surface area (Å²) in [4.78, 5) is 23.3. The Kier molecular flexibility index (Phi) is 4.35. The number of hydrogen-bond donors (Lipinski definition) is 1. The van der Waals surface area contributed by atoms with Crippen molar-refractivity contribution in [3.63, 3.8) is 0 Å². The Morgan fingerprint density at radius 1 is 1.07 bits per heavy atom. The molecular weight excluding hydrogens is 348 g/mol. The molecule has 4 aromatic rings. The molecular formula is C23H24N4O. The average Bonchev–Trinajstić information content (AvgIpc) is 3.36. The lowest BCUT2D eigenvalue weighted by atomic mass is 10.0. The minimum atomic E-state index is 0.0510. The van der Waals surface area contributed by atoms with E-state index in [0.29, 0.717) is 13.0 Å². The molecule has 2 aromatic carbocycles. The third kappa shape index (κ3) is 3.07. The third-order valence-corrected chi connectivity index (χ3v) is 5.79. The Hall–Kier alpha value is -3.08. The van der Waals surface area contributed by atoms with Crippen molar-refractivity contribution in [2.24, 2.45) is 0 Å². The molecule has 0 unspecified atom stereocenters. The number of nitrogens with zero attached hydrogens (tertiary/aromatic N) is 3. The molecule has 0 aliphatic carbocycles. The zero-order valence-electron chi connectivity index (χ0n) is 15.8. The number of nitrogens with one attached hydrogen (secondary N) is 1. The van der Waals surface area contributed by atoms with Crippen LogP contribution < -0.4 is 0 Å². The van der Waals surface area contributed by atoms with E-state index in [1.807, 2.05) is 41.3 Å². The molecule has 0 bridgehead atoms. The van der Waals surface area contributed by atoms with Gasteiger partial charge in [-0.3, -0.25) is 4.79 Å². The van der Waals surface area contributed by atoms with Gasteiger partial charge >= 0.3 is 0 Å².